The number of alkyl halides is 3. The highest BCUT2D eigenvalue weighted by Gasteiger charge is 2.36. The van der Waals surface area contributed by atoms with E-state index < -0.39 is 17.8 Å². The van der Waals surface area contributed by atoms with Crippen LogP contribution in [0.1, 0.15) is 49.8 Å². The van der Waals surface area contributed by atoms with Gasteiger partial charge in [-0.1, -0.05) is 38.0 Å². The first kappa shape index (κ1) is 15.8. The predicted octanol–water partition coefficient (Wildman–Crippen LogP) is 4.44. The molecular formula is C16H19F3N2. The minimum Gasteiger partial charge on any atom is -0.295 e. The average Bonchev–Trinajstić information content (AvgIpc) is 2.45. The summed E-state index contributed by atoms with van der Waals surface area (Å²) >= 11 is 0. The lowest BCUT2D eigenvalue weighted by Gasteiger charge is -2.32. The number of rotatable bonds is 3. The van der Waals surface area contributed by atoms with Crippen molar-refractivity contribution in [1.29, 1.82) is 5.26 Å². The third kappa shape index (κ3) is 3.76. The van der Waals surface area contributed by atoms with E-state index in [1.165, 1.54) is 12.1 Å². The van der Waals surface area contributed by atoms with Crippen molar-refractivity contribution in [2.75, 3.05) is 0 Å². The maximum Gasteiger partial charge on any atom is 0.416 e. The molecule has 21 heavy (non-hydrogen) atoms. The van der Waals surface area contributed by atoms with E-state index in [9.17, 15) is 18.4 Å². The second-order valence-electron chi connectivity index (χ2n) is 5.68. The Bertz CT molecular complexity index is 519. The van der Waals surface area contributed by atoms with Crippen molar-refractivity contribution < 1.29 is 13.2 Å². The molecule has 1 aromatic carbocycles. The Morgan fingerprint density at radius 2 is 1.90 bits per heavy atom. The van der Waals surface area contributed by atoms with Crippen LogP contribution in [-0.4, -0.2) is 6.04 Å². The third-order valence-corrected chi connectivity index (χ3v) is 4.20. The summed E-state index contributed by atoms with van der Waals surface area (Å²) in [6.07, 6.45) is -0.271. The zero-order chi connectivity index (χ0) is 15.5. The van der Waals surface area contributed by atoms with Crippen molar-refractivity contribution >= 4 is 0 Å². The molecule has 1 saturated carbocycles. The molecule has 3 unspecified atom stereocenters. The molecule has 1 aromatic rings. The van der Waals surface area contributed by atoms with Crippen molar-refractivity contribution in [3.05, 3.63) is 35.4 Å². The summed E-state index contributed by atoms with van der Waals surface area (Å²) in [6, 6.07) is 6.48. The van der Waals surface area contributed by atoms with E-state index >= 15 is 0 Å². The molecule has 114 valence electrons. The van der Waals surface area contributed by atoms with Crippen LogP contribution in [0.25, 0.3) is 0 Å². The maximum absolute atomic E-state index is 13.1. The summed E-state index contributed by atoms with van der Waals surface area (Å²) in [5.41, 5.74) is -0.710. The van der Waals surface area contributed by atoms with Gasteiger partial charge in [0.25, 0.3) is 0 Å². The Balaban J connectivity index is 2.24. The van der Waals surface area contributed by atoms with Gasteiger partial charge in [-0.25, -0.2) is 0 Å². The Hall–Kier alpha value is -1.54. The summed E-state index contributed by atoms with van der Waals surface area (Å²) < 4.78 is 39.2. The Labute approximate surface area is 123 Å². The van der Waals surface area contributed by atoms with Crippen molar-refractivity contribution in [1.82, 2.24) is 5.32 Å². The van der Waals surface area contributed by atoms with Gasteiger partial charge in [-0.05, 0) is 30.4 Å². The fourth-order valence-electron chi connectivity index (χ4n) is 2.98. The monoisotopic (exact) mass is 296 g/mol. The quantitative estimate of drug-likeness (QED) is 0.895. The molecule has 0 heterocycles. The standard InChI is InChI=1S/C16H19F3N2/c1-11-6-2-5-9-14(11)21-15(10-20)12-7-3-4-8-13(12)16(17,18)19/h3-4,7-8,11,14-15,21H,2,5-6,9H2,1H3. The van der Waals surface area contributed by atoms with Gasteiger partial charge in [-0.15, -0.1) is 0 Å². The van der Waals surface area contributed by atoms with E-state index in [-0.39, 0.29) is 11.6 Å². The Morgan fingerprint density at radius 3 is 2.52 bits per heavy atom. The highest BCUT2D eigenvalue weighted by atomic mass is 19.4. The highest BCUT2D eigenvalue weighted by Crippen LogP contribution is 2.35. The average molecular weight is 296 g/mol. The largest absolute Gasteiger partial charge is 0.416 e. The molecule has 0 spiro atoms. The maximum atomic E-state index is 13.1. The molecule has 0 saturated heterocycles. The molecule has 0 amide bonds. The summed E-state index contributed by atoms with van der Waals surface area (Å²) in [7, 11) is 0. The fourth-order valence-corrected chi connectivity index (χ4v) is 2.98. The van der Waals surface area contributed by atoms with Crippen LogP contribution < -0.4 is 5.32 Å². The molecule has 3 atom stereocenters. The molecule has 1 aliphatic rings. The lowest BCUT2D eigenvalue weighted by molar-refractivity contribution is -0.138. The third-order valence-electron chi connectivity index (χ3n) is 4.20. The molecule has 0 bridgehead atoms. The fraction of sp³-hybridized carbons (Fsp3) is 0.562. The zero-order valence-corrected chi connectivity index (χ0v) is 12.0. The van der Waals surface area contributed by atoms with Crippen LogP contribution in [0.4, 0.5) is 13.2 Å². The first-order valence-electron chi connectivity index (χ1n) is 7.25. The number of halogens is 3. The van der Waals surface area contributed by atoms with Crippen molar-refractivity contribution in [2.24, 2.45) is 5.92 Å². The minimum atomic E-state index is -4.44. The van der Waals surface area contributed by atoms with Gasteiger partial charge in [0, 0.05) is 6.04 Å². The molecule has 0 aromatic heterocycles. The van der Waals surface area contributed by atoms with Gasteiger partial charge < -0.3 is 0 Å². The molecule has 0 radical (unpaired) electrons. The molecule has 1 N–H and O–H groups in total. The molecule has 1 aliphatic carbocycles. The van der Waals surface area contributed by atoms with Crippen LogP contribution in [0.2, 0.25) is 0 Å². The lowest BCUT2D eigenvalue weighted by atomic mass is 9.85. The number of hydrogen-bond donors (Lipinski definition) is 1. The lowest BCUT2D eigenvalue weighted by Crippen LogP contribution is -2.39. The molecule has 1 fully saturated rings. The number of benzene rings is 1. The summed E-state index contributed by atoms with van der Waals surface area (Å²) in [5, 5.41) is 12.4. The van der Waals surface area contributed by atoms with Gasteiger partial charge in [0.15, 0.2) is 0 Å². The molecule has 2 nitrogen and oxygen atoms in total. The smallest absolute Gasteiger partial charge is 0.295 e. The van der Waals surface area contributed by atoms with E-state index in [1.807, 2.05) is 6.07 Å². The Morgan fingerprint density at radius 1 is 1.24 bits per heavy atom. The van der Waals surface area contributed by atoms with Crippen LogP contribution in [0, 0.1) is 17.2 Å². The number of hydrogen-bond acceptors (Lipinski definition) is 2. The van der Waals surface area contributed by atoms with Gasteiger partial charge in [-0.2, -0.15) is 18.4 Å². The van der Waals surface area contributed by atoms with Crippen LogP contribution in [0.15, 0.2) is 24.3 Å². The number of nitrogens with zero attached hydrogens (tertiary/aromatic N) is 1. The molecular weight excluding hydrogens is 277 g/mol. The van der Waals surface area contributed by atoms with E-state index in [1.54, 1.807) is 6.07 Å². The molecule has 2 rings (SSSR count). The van der Waals surface area contributed by atoms with E-state index in [2.05, 4.69) is 12.2 Å². The zero-order valence-electron chi connectivity index (χ0n) is 12.0. The van der Waals surface area contributed by atoms with Gasteiger partial charge >= 0.3 is 6.18 Å². The van der Waals surface area contributed by atoms with Crippen LogP contribution in [0.3, 0.4) is 0 Å². The number of nitrogens with one attached hydrogen (secondary N) is 1. The second-order valence-corrected chi connectivity index (χ2v) is 5.68. The van der Waals surface area contributed by atoms with E-state index in [4.69, 9.17) is 0 Å². The minimum absolute atomic E-state index is 0.0188. The van der Waals surface area contributed by atoms with Crippen molar-refractivity contribution in [3.63, 3.8) is 0 Å². The SMILES string of the molecule is CC1CCCCC1NC(C#N)c1ccccc1C(F)(F)F. The molecule has 5 heteroatoms. The highest BCUT2D eigenvalue weighted by molar-refractivity contribution is 5.35. The summed E-state index contributed by atoms with van der Waals surface area (Å²) in [4.78, 5) is 0. The second kappa shape index (κ2) is 6.48. The first-order chi connectivity index (χ1) is 9.93. The normalized spacial score (nSPS) is 24.3. The van der Waals surface area contributed by atoms with E-state index in [0.29, 0.717) is 5.92 Å². The Kier molecular flexibility index (Phi) is 4.89. The summed E-state index contributed by atoms with van der Waals surface area (Å²) in [6.45, 7) is 2.08. The van der Waals surface area contributed by atoms with Gasteiger partial charge in [0.05, 0.1) is 11.6 Å². The topological polar surface area (TPSA) is 35.8 Å². The van der Waals surface area contributed by atoms with Crippen molar-refractivity contribution in [2.45, 2.75) is 50.9 Å². The van der Waals surface area contributed by atoms with Crippen LogP contribution in [0.5, 0.6) is 0 Å². The van der Waals surface area contributed by atoms with E-state index in [0.717, 1.165) is 31.7 Å². The van der Waals surface area contributed by atoms with Gasteiger partial charge in [0.2, 0.25) is 0 Å². The van der Waals surface area contributed by atoms with Gasteiger partial charge in [-0.3, -0.25) is 5.32 Å². The van der Waals surface area contributed by atoms with Crippen LogP contribution >= 0.6 is 0 Å². The predicted molar refractivity (Wildman–Crippen MR) is 74.4 cm³/mol. The number of nitriles is 1. The van der Waals surface area contributed by atoms with Crippen LogP contribution in [-0.2, 0) is 6.18 Å². The summed E-state index contributed by atoms with van der Waals surface area (Å²) in [5.74, 6) is 0.382. The van der Waals surface area contributed by atoms with Gasteiger partial charge in [0.1, 0.15) is 6.04 Å². The first-order valence-corrected chi connectivity index (χ1v) is 7.25. The molecule has 0 aliphatic heterocycles. The van der Waals surface area contributed by atoms with Crippen molar-refractivity contribution in [3.8, 4) is 6.07 Å².